The van der Waals surface area contributed by atoms with Gasteiger partial charge in [0.05, 0.1) is 24.0 Å². The van der Waals surface area contributed by atoms with Crippen molar-refractivity contribution in [3.8, 4) is 5.75 Å². The van der Waals surface area contributed by atoms with E-state index < -0.39 is 0 Å². The van der Waals surface area contributed by atoms with Crippen molar-refractivity contribution in [3.63, 3.8) is 0 Å². The molecule has 0 fully saturated rings. The van der Waals surface area contributed by atoms with Gasteiger partial charge in [0.1, 0.15) is 5.75 Å². The van der Waals surface area contributed by atoms with Crippen molar-refractivity contribution in [2.24, 2.45) is 0 Å². The van der Waals surface area contributed by atoms with Crippen LogP contribution in [0.2, 0.25) is 0 Å². The summed E-state index contributed by atoms with van der Waals surface area (Å²) in [6.45, 7) is 1.76. The molecule has 20 heavy (non-hydrogen) atoms. The third kappa shape index (κ3) is 1.86. The molecule has 0 N–H and O–H groups in total. The molecule has 2 aromatic carbocycles. The van der Waals surface area contributed by atoms with E-state index in [-0.39, 0.29) is 0 Å². The van der Waals surface area contributed by atoms with Gasteiger partial charge in [0, 0.05) is 12.5 Å². The van der Waals surface area contributed by atoms with Crippen LogP contribution in [0.4, 0.5) is 0 Å². The van der Waals surface area contributed by atoms with Crippen LogP contribution in [0.25, 0.3) is 11.0 Å². The van der Waals surface area contributed by atoms with Gasteiger partial charge in [-0.3, -0.25) is 0 Å². The van der Waals surface area contributed by atoms with Gasteiger partial charge < -0.3 is 9.30 Å². The van der Waals surface area contributed by atoms with Crippen LogP contribution < -0.4 is 4.74 Å². The summed E-state index contributed by atoms with van der Waals surface area (Å²) in [6.07, 6.45) is 3.01. The molecule has 1 atom stereocenters. The highest BCUT2D eigenvalue weighted by molar-refractivity contribution is 5.74. The van der Waals surface area contributed by atoms with E-state index in [1.807, 2.05) is 18.5 Å². The fraction of sp³-hybridized carbons (Fsp3) is 0.235. The Kier molecular flexibility index (Phi) is 2.69. The number of aromatic nitrogens is 2. The van der Waals surface area contributed by atoms with Gasteiger partial charge >= 0.3 is 0 Å². The summed E-state index contributed by atoms with van der Waals surface area (Å²) in [5, 5.41) is 0. The van der Waals surface area contributed by atoms with Crippen molar-refractivity contribution in [3.05, 3.63) is 60.4 Å². The van der Waals surface area contributed by atoms with Crippen LogP contribution in [-0.4, -0.2) is 16.2 Å². The average molecular weight is 264 g/mol. The Bertz CT molecular complexity index is 747. The van der Waals surface area contributed by atoms with E-state index >= 15 is 0 Å². The quantitative estimate of drug-likeness (QED) is 0.707. The summed E-state index contributed by atoms with van der Waals surface area (Å²) in [7, 11) is 0. The van der Waals surface area contributed by atoms with E-state index in [0.717, 1.165) is 30.8 Å². The fourth-order valence-corrected chi connectivity index (χ4v) is 3.00. The maximum Gasteiger partial charge on any atom is 0.122 e. The number of hydrogen-bond donors (Lipinski definition) is 0. The Morgan fingerprint density at radius 2 is 1.95 bits per heavy atom. The lowest BCUT2D eigenvalue weighted by atomic mass is 9.93. The first kappa shape index (κ1) is 11.5. The number of fused-ring (bicyclic) bond motifs is 2. The standard InChI is InChI=1S/C17H16N2O/c1-4-8-17-14(5-1)13(9-10-20-17)11-19-12-18-15-6-2-3-7-16(15)19/h1-8,12-13H,9-11H2. The van der Waals surface area contributed by atoms with Gasteiger partial charge in [0.15, 0.2) is 0 Å². The van der Waals surface area contributed by atoms with Crippen molar-refractivity contribution in [2.75, 3.05) is 6.61 Å². The van der Waals surface area contributed by atoms with E-state index in [9.17, 15) is 0 Å². The van der Waals surface area contributed by atoms with Gasteiger partial charge in [0.25, 0.3) is 0 Å². The second-order valence-corrected chi connectivity index (χ2v) is 5.26. The van der Waals surface area contributed by atoms with E-state index in [4.69, 9.17) is 4.74 Å². The minimum Gasteiger partial charge on any atom is -0.493 e. The highest BCUT2D eigenvalue weighted by Gasteiger charge is 2.21. The number of ether oxygens (including phenoxy) is 1. The maximum atomic E-state index is 5.74. The predicted molar refractivity (Wildman–Crippen MR) is 79.0 cm³/mol. The summed E-state index contributed by atoms with van der Waals surface area (Å²) < 4.78 is 7.99. The largest absolute Gasteiger partial charge is 0.493 e. The van der Waals surface area contributed by atoms with Gasteiger partial charge in [-0.2, -0.15) is 0 Å². The molecule has 3 heteroatoms. The first-order valence-electron chi connectivity index (χ1n) is 7.03. The molecule has 1 aliphatic heterocycles. The van der Waals surface area contributed by atoms with Crippen molar-refractivity contribution < 1.29 is 4.74 Å². The van der Waals surface area contributed by atoms with Gasteiger partial charge in [0.2, 0.25) is 0 Å². The van der Waals surface area contributed by atoms with Crippen LogP contribution in [0.1, 0.15) is 17.9 Å². The van der Waals surface area contributed by atoms with Crippen molar-refractivity contribution in [1.82, 2.24) is 9.55 Å². The van der Waals surface area contributed by atoms with E-state index in [1.54, 1.807) is 0 Å². The number of benzene rings is 2. The van der Waals surface area contributed by atoms with Crippen LogP contribution in [0, 0.1) is 0 Å². The average Bonchev–Trinajstić information content (AvgIpc) is 2.91. The Morgan fingerprint density at radius 1 is 1.10 bits per heavy atom. The Morgan fingerprint density at radius 3 is 2.95 bits per heavy atom. The number of nitrogens with zero attached hydrogens (tertiary/aromatic N) is 2. The second-order valence-electron chi connectivity index (χ2n) is 5.26. The number of hydrogen-bond acceptors (Lipinski definition) is 2. The van der Waals surface area contributed by atoms with Gasteiger partial charge in [-0.25, -0.2) is 4.98 Å². The second kappa shape index (κ2) is 4.67. The minimum atomic E-state index is 0.498. The normalized spacial score (nSPS) is 17.7. The van der Waals surface area contributed by atoms with Crippen LogP contribution in [0.3, 0.4) is 0 Å². The van der Waals surface area contributed by atoms with Crippen molar-refractivity contribution >= 4 is 11.0 Å². The third-order valence-corrected chi connectivity index (χ3v) is 4.03. The molecule has 2 heterocycles. The summed E-state index contributed by atoms with van der Waals surface area (Å²) in [5.41, 5.74) is 3.58. The number of para-hydroxylation sites is 3. The fourth-order valence-electron chi connectivity index (χ4n) is 3.00. The summed E-state index contributed by atoms with van der Waals surface area (Å²) >= 11 is 0. The summed E-state index contributed by atoms with van der Waals surface area (Å²) in [4.78, 5) is 4.47. The Balaban J connectivity index is 1.70. The topological polar surface area (TPSA) is 27.1 Å². The van der Waals surface area contributed by atoms with Crippen LogP contribution in [0.5, 0.6) is 5.75 Å². The van der Waals surface area contributed by atoms with Crippen LogP contribution in [-0.2, 0) is 6.54 Å². The first-order valence-corrected chi connectivity index (χ1v) is 7.03. The monoisotopic (exact) mass is 264 g/mol. The molecule has 1 aliphatic rings. The van der Waals surface area contributed by atoms with E-state index in [2.05, 4.69) is 45.9 Å². The number of rotatable bonds is 2. The molecular weight excluding hydrogens is 248 g/mol. The lowest BCUT2D eigenvalue weighted by Gasteiger charge is -2.26. The minimum absolute atomic E-state index is 0.498. The molecule has 3 nitrogen and oxygen atoms in total. The molecule has 0 aliphatic carbocycles. The molecule has 1 aromatic heterocycles. The zero-order valence-corrected chi connectivity index (χ0v) is 11.2. The summed E-state index contributed by atoms with van der Waals surface area (Å²) in [5.74, 6) is 1.53. The third-order valence-electron chi connectivity index (χ3n) is 4.03. The maximum absolute atomic E-state index is 5.74. The molecule has 0 bridgehead atoms. The lowest BCUT2D eigenvalue weighted by molar-refractivity contribution is 0.259. The lowest BCUT2D eigenvalue weighted by Crippen LogP contribution is -2.18. The van der Waals surface area contributed by atoms with Gasteiger partial charge in [-0.15, -0.1) is 0 Å². The number of imidazole rings is 1. The molecule has 4 rings (SSSR count). The Labute approximate surface area is 117 Å². The molecule has 0 saturated heterocycles. The highest BCUT2D eigenvalue weighted by atomic mass is 16.5. The van der Waals surface area contributed by atoms with E-state index in [1.165, 1.54) is 11.1 Å². The predicted octanol–water partition coefficient (Wildman–Crippen LogP) is 3.60. The molecule has 0 radical (unpaired) electrons. The molecule has 0 amide bonds. The molecule has 3 aromatic rings. The highest BCUT2D eigenvalue weighted by Crippen LogP contribution is 2.34. The molecule has 0 spiro atoms. The van der Waals surface area contributed by atoms with Crippen molar-refractivity contribution in [2.45, 2.75) is 18.9 Å². The van der Waals surface area contributed by atoms with Gasteiger partial charge in [-0.05, 0) is 30.2 Å². The molecule has 0 saturated carbocycles. The van der Waals surface area contributed by atoms with Crippen molar-refractivity contribution in [1.29, 1.82) is 0 Å². The first-order chi connectivity index (χ1) is 9.92. The smallest absolute Gasteiger partial charge is 0.122 e. The zero-order valence-electron chi connectivity index (χ0n) is 11.2. The SMILES string of the molecule is c1ccc2c(c1)OCCC2Cn1cnc2ccccc21. The molecule has 1 unspecified atom stereocenters. The Hall–Kier alpha value is -2.29. The zero-order chi connectivity index (χ0) is 13.4. The van der Waals surface area contributed by atoms with Gasteiger partial charge in [-0.1, -0.05) is 30.3 Å². The van der Waals surface area contributed by atoms with E-state index in [0.29, 0.717) is 5.92 Å². The summed E-state index contributed by atoms with van der Waals surface area (Å²) in [6, 6.07) is 16.7. The van der Waals surface area contributed by atoms with Crippen LogP contribution >= 0.6 is 0 Å². The van der Waals surface area contributed by atoms with Crippen LogP contribution in [0.15, 0.2) is 54.9 Å². The molecular formula is C17H16N2O. The molecule has 100 valence electrons.